The molecule has 0 fully saturated rings. The molecular weight excluding hydrogens is 448 g/mol. The Morgan fingerprint density at radius 2 is 1.50 bits per heavy atom. The number of carbonyl (C=O) groups is 2. The van der Waals surface area contributed by atoms with Gasteiger partial charge in [0.2, 0.25) is 0 Å². The summed E-state index contributed by atoms with van der Waals surface area (Å²) in [6.07, 6.45) is 7.44. The number of esters is 1. The van der Waals surface area contributed by atoms with Crippen molar-refractivity contribution < 1.29 is 19.1 Å². The molecule has 3 aromatic rings. The van der Waals surface area contributed by atoms with E-state index in [-0.39, 0.29) is 11.8 Å². The largest absolute Gasteiger partial charge is 0.427 e. The standard InChI is InChI=1S/C32H34O4/c1-25(2)28-18-13-27(14-19-28)24-35-23-9-4-3-8-12-32(34)36-30-20-15-26(16-21-30)17-22-31(33)29-10-6-5-7-11-29/h5-7,10-11,13-22H,1,3-4,8-9,12,23-24H2,2H3. The number of unbranched alkanes of at least 4 members (excludes halogenated alkanes) is 3. The predicted octanol–water partition coefficient (Wildman–Crippen LogP) is 7.69. The molecule has 36 heavy (non-hydrogen) atoms. The average molecular weight is 483 g/mol. The average Bonchev–Trinajstić information content (AvgIpc) is 2.90. The van der Waals surface area contributed by atoms with E-state index in [2.05, 4.69) is 30.8 Å². The number of carbonyl (C=O) groups excluding carboxylic acids is 2. The van der Waals surface area contributed by atoms with Gasteiger partial charge in [0.15, 0.2) is 5.78 Å². The van der Waals surface area contributed by atoms with Crippen LogP contribution in [0.4, 0.5) is 0 Å². The summed E-state index contributed by atoms with van der Waals surface area (Å²) < 4.78 is 11.2. The molecule has 4 heteroatoms. The molecule has 0 aromatic heterocycles. The zero-order chi connectivity index (χ0) is 25.6. The second kappa shape index (κ2) is 14.6. The van der Waals surface area contributed by atoms with Gasteiger partial charge in [-0.2, -0.15) is 0 Å². The van der Waals surface area contributed by atoms with Crippen LogP contribution in [0.3, 0.4) is 0 Å². The van der Waals surface area contributed by atoms with E-state index in [1.807, 2.05) is 37.3 Å². The third kappa shape index (κ3) is 9.47. The van der Waals surface area contributed by atoms with E-state index in [9.17, 15) is 9.59 Å². The van der Waals surface area contributed by atoms with Gasteiger partial charge in [-0.25, -0.2) is 0 Å². The number of benzene rings is 3. The lowest BCUT2D eigenvalue weighted by Gasteiger charge is -2.07. The molecule has 3 rings (SSSR count). The van der Waals surface area contributed by atoms with E-state index in [0.29, 0.717) is 30.9 Å². The van der Waals surface area contributed by atoms with Crippen molar-refractivity contribution in [1.29, 1.82) is 0 Å². The molecule has 0 N–H and O–H groups in total. The molecule has 4 nitrogen and oxygen atoms in total. The van der Waals surface area contributed by atoms with Crippen molar-refractivity contribution in [3.63, 3.8) is 0 Å². The van der Waals surface area contributed by atoms with Gasteiger partial charge < -0.3 is 9.47 Å². The van der Waals surface area contributed by atoms with Crippen LogP contribution in [0, 0.1) is 0 Å². The Morgan fingerprint density at radius 3 is 2.19 bits per heavy atom. The highest BCUT2D eigenvalue weighted by Gasteiger charge is 2.05. The van der Waals surface area contributed by atoms with Crippen molar-refractivity contribution in [1.82, 2.24) is 0 Å². The minimum atomic E-state index is -0.230. The normalized spacial score (nSPS) is 10.9. The summed E-state index contributed by atoms with van der Waals surface area (Å²) >= 11 is 0. The lowest BCUT2D eigenvalue weighted by Crippen LogP contribution is -2.07. The zero-order valence-electron chi connectivity index (χ0n) is 21.0. The van der Waals surface area contributed by atoms with E-state index in [4.69, 9.17) is 9.47 Å². The molecule has 0 aliphatic carbocycles. The van der Waals surface area contributed by atoms with Gasteiger partial charge in [-0.3, -0.25) is 9.59 Å². The van der Waals surface area contributed by atoms with E-state index < -0.39 is 0 Å². The first-order chi connectivity index (χ1) is 17.5. The van der Waals surface area contributed by atoms with Crippen molar-refractivity contribution in [3.8, 4) is 5.75 Å². The van der Waals surface area contributed by atoms with Gasteiger partial charge in [0.1, 0.15) is 5.75 Å². The van der Waals surface area contributed by atoms with Gasteiger partial charge in [-0.05, 0) is 54.7 Å². The molecule has 0 saturated heterocycles. The smallest absolute Gasteiger partial charge is 0.311 e. The lowest BCUT2D eigenvalue weighted by atomic mass is 10.1. The van der Waals surface area contributed by atoms with Gasteiger partial charge in [0.05, 0.1) is 6.61 Å². The number of hydrogen-bond acceptors (Lipinski definition) is 4. The number of hydrogen-bond donors (Lipinski definition) is 0. The van der Waals surface area contributed by atoms with Crippen LogP contribution in [-0.2, 0) is 16.1 Å². The molecule has 0 saturated carbocycles. The van der Waals surface area contributed by atoms with Crippen LogP contribution < -0.4 is 4.74 Å². The summed E-state index contributed by atoms with van der Waals surface area (Å²) in [5, 5.41) is 0. The SMILES string of the molecule is C=C(C)c1ccc(COCCCCCCC(=O)Oc2ccc(C=CC(=O)c3ccccc3)cc2)cc1. The fourth-order valence-corrected chi connectivity index (χ4v) is 3.60. The van der Waals surface area contributed by atoms with Gasteiger partial charge in [0.25, 0.3) is 0 Å². The molecule has 0 unspecified atom stereocenters. The number of allylic oxidation sites excluding steroid dienone is 2. The Morgan fingerprint density at radius 1 is 0.806 bits per heavy atom. The highest BCUT2D eigenvalue weighted by Crippen LogP contribution is 2.16. The quantitative estimate of drug-likeness (QED) is 0.0777. The second-order valence-electron chi connectivity index (χ2n) is 8.80. The molecule has 0 heterocycles. The summed E-state index contributed by atoms with van der Waals surface area (Å²) in [7, 11) is 0. The van der Waals surface area contributed by atoms with E-state index in [0.717, 1.165) is 47.9 Å². The molecular formula is C32H34O4. The molecule has 0 spiro atoms. The van der Waals surface area contributed by atoms with Crippen LogP contribution in [-0.4, -0.2) is 18.4 Å². The van der Waals surface area contributed by atoms with Gasteiger partial charge in [0, 0.05) is 18.6 Å². The van der Waals surface area contributed by atoms with Crippen LogP contribution in [0.15, 0.2) is 91.5 Å². The maximum absolute atomic E-state index is 12.2. The predicted molar refractivity (Wildman–Crippen MR) is 146 cm³/mol. The second-order valence-corrected chi connectivity index (χ2v) is 8.80. The molecule has 0 atom stereocenters. The maximum atomic E-state index is 12.2. The third-order valence-electron chi connectivity index (χ3n) is 5.73. The highest BCUT2D eigenvalue weighted by molar-refractivity contribution is 6.06. The highest BCUT2D eigenvalue weighted by atomic mass is 16.5. The fourth-order valence-electron chi connectivity index (χ4n) is 3.60. The molecule has 3 aromatic carbocycles. The van der Waals surface area contributed by atoms with Crippen molar-refractivity contribution in [3.05, 3.63) is 114 Å². The summed E-state index contributed by atoms with van der Waals surface area (Å²) in [5.41, 5.74) is 4.89. The van der Waals surface area contributed by atoms with Crippen molar-refractivity contribution in [2.24, 2.45) is 0 Å². The van der Waals surface area contributed by atoms with Gasteiger partial charge >= 0.3 is 5.97 Å². The molecule has 0 bridgehead atoms. The van der Waals surface area contributed by atoms with E-state index >= 15 is 0 Å². The Bertz CT molecular complexity index is 1140. The number of ether oxygens (including phenoxy) is 2. The van der Waals surface area contributed by atoms with Gasteiger partial charge in [-0.1, -0.05) is 97.8 Å². The summed E-state index contributed by atoms with van der Waals surface area (Å²) in [6, 6.07) is 24.6. The van der Waals surface area contributed by atoms with Crippen LogP contribution >= 0.6 is 0 Å². The number of rotatable bonds is 14. The fraction of sp³-hybridized carbons (Fsp3) is 0.250. The summed E-state index contributed by atoms with van der Waals surface area (Å²) in [5.74, 6) is 0.231. The van der Waals surface area contributed by atoms with Crippen LogP contribution in [0.1, 0.15) is 66.1 Å². The Balaban J connectivity index is 1.25. The van der Waals surface area contributed by atoms with Crippen LogP contribution in [0.5, 0.6) is 5.75 Å². The van der Waals surface area contributed by atoms with E-state index in [1.165, 1.54) is 0 Å². The summed E-state index contributed by atoms with van der Waals surface area (Å²) in [4.78, 5) is 24.3. The van der Waals surface area contributed by atoms with Crippen LogP contribution in [0.2, 0.25) is 0 Å². The monoisotopic (exact) mass is 482 g/mol. The maximum Gasteiger partial charge on any atom is 0.311 e. The minimum Gasteiger partial charge on any atom is -0.427 e. The van der Waals surface area contributed by atoms with Crippen molar-refractivity contribution in [2.75, 3.05) is 6.61 Å². The Kier molecular flexibility index (Phi) is 10.9. The zero-order valence-corrected chi connectivity index (χ0v) is 21.0. The summed E-state index contributed by atoms with van der Waals surface area (Å²) in [6.45, 7) is 7.27. The topological polar surface area (TPSA) is 52.6 Å². The Labute approximate surface area is 214 Å². The first kappa shape index (κ1) is 26.8. The molecule has 0 aliphatic rings. The number of ketones is 1. The van der Waals surface area contributed by atoms with Crippen LogP contribution in [0.25, 0.3) is 11.6 Å². The van der Waals surface area contributed by atoms with Crippen molar-refractivity contribution in [2.45, 2.75) is 45.6 Å². The molecule has 0 radical (unpaired) electrons. The minimum absolute atomic E-state index is 0.0497. The lowest BCUT2D eigenvalue weighted by molar-refractivity contribution is -0.134. The van der Waals surface area contributed by atoms with Gasteiger partial charge in [-0.15, -0.1) is 0 Å². The molecule has 186 valence electrons. The Hall–Kier alpha value is -3.76. The first-order valence-electron chi connectivity index (χ1n) is 12.4. The molecule has 0 aliphatic heterocycles. The molecule has 0 amide bonds. The van der Waals surface area contributed by atoms with Crippen molar-refractivity contribution >= 4 is 23.4 Å². The van der Waals surface area contributed by atoms with E-state index in [1.54, 1.807) is 36.4 Å². The third-order valence-corrected chi connectivity index (χ3v) is 5.73. The first-order valence-corrected chi connectivity index (χ1v) is 12.4.